The van der Waals surface area contributed by atoms with Gasteiger partial charge in [0.2, 0.25) is 6.41 Å². The van der Waals surface area contributed by atoms with Gasteiger partial charge in [0.1, 0.15) is 11.9 Å². The molecule has 0 radical (unpaired) electrons. The second kappa shape index (κ2) is 6.86. The van der Waals surface area contributed by atoms with E-state index in [1.54, 1.807) is 6.07 Å². The minimum absolute atomic E-state index is 0.149. The molecular weight excluding hydrogens is 281 g/mol. The molecule has 0 spiro atoms. The number of nitrogens with zero attached hydrogens (tertiary/aromatic N) is 1. The highest BCUT2D eigenvalue weighted by atomic mass is 19.1. The molecule has 2 amide bonds. The lowest BCUT2D eigenvalue weighted by Crippen LogP contribution is -2.34. The number of amides is 2. The van der Waals surface area contributed by atoms with Crippen LogP contribution < -0.4 is 26.8 Å². The zero-order chi connectivity index (χ0) is 15.2. The van der Waals surface area contributed by atoms with Crippen LogP contribution in [0.5, 0.6) is 0 Å². The van der Waals surface area contributed by atoms with Gasteiger partial charge < -0.3 is 15.8 Å². The molecule has 21 heavy (non-hydrogen) atoms. The Morgan fingerprint density at radius 1 is 1.52 bits per heavy atom. The summed E-state index contributed by atoms with van der Waals surface area (Å²) in [6, 6.07) is 4.32. The maximum Gasteiger partial charge on any atom is 0.414 e. The first-order chi connectivity index (χ1) is 10.2. The third-order valence-electron chi connectivity index (χ3n) is 2.93. The number of cyclic esters (lactones) is 1. The average Bonchev–Trinajstić information content (AvgIpc) is 2.86. The number of halogens is 1. The summed E-state index contributed by atoms with van der Waals surface area (Å²) < 4.78 is 18.9. The normalized spacial score (nSPS) is 17.5. The standard InChI is InChI=1S/C12H16FN5O3/c13-10-3-8(18-5-9(4-14)21-12(18)20)1-2-11(10)15-6-16-17-7-19/h1-3,7,9,15-16H,4-6,14H2,(H,17,19)/t9-/m0/s1. The molecule has 0 unspecified atom stereocenters. The van der Waals surface area contributed by atoms with Gasteiger partial charge in [-0.2, -0.15) is 0 Å². The predicted molar refractivity (Wildman–Crippen MR) is 73.9 cm³/mol. The van der Waals surface area contributed by atoms with E-state index in [0.717, 1.165) is 0 Å². The van der Waals surface area contributed by atoms with Crippen LogP contribution in [0.25, 0.3) is 0 Å². The van der Waals surface area contributed by atoms with E-state index in [-0.39, 0.29) is 25.0 Å². The molecular formula is C12H16FN5O3. The van der Waals surface area contributed by atoms with Crippen molar-refractivity contribution in [1.29, 1.82) is 0 Å². The Morgan fingerprint density at radius 3 is 2.95 bits per heavy atom. The maximum atomic E-state index is 13.9. The highest BCUT2D eigenvalue weighted by Gasteiger charge is 2.31. The van der Waals surface area contributed by atoms with Crippen molar-refractivity contribution in [2.45, 2.75) is 6.10 Å². The van der Waals surface area contributed by atoms with Crippen LogP contribution >= 0.6 is 0 Å². The molecule has 1 saturated heterocycles. The van der Waals surface area contributed by atoms with Gasteiger partial charge in [0.15, 0.2) is 0 Å². The van der Waals surface area contributed by atoms with E-state index in [1.165, 1.54) is 17.0 Å². The highest BCUT2D eigenvalue weighted by molar-refractivity contribution is 5.90. The van der Waals surface area contributed by atoms with Crippen LogP contribution in [0.4, 0.5) is 20.6 Å². The molecule has 0 bridgehead atoms. The van der Waals surface area contributed by atoms with Gasteiger partial charge in [-0.1, -0.05) is 0 Å². The van der Waals surface area contributed by atoms with Crippen LogP contribution in [0.3, 0.4) is 0 Å². The number of hydrazine groups is 1. The SMILES string of the molecule is NC[C@H]1CN(c2ccc(NCNNC=O)c(F)c2)C(=O)O1. The molecule has 0 aliphatic carbocycles. The number of carbonyl (C=O) groups excluding carboxylic acids is 2. The first-order valence-corrected chi connectivity index (χ1v) is 6.29. The Hall–Kier alpha value is -2.39. The van der Waals surface area contributed by atoms with E-state index in [2.05, 4.69) is 16.2 Å². The van der Waals surface area contributed by atoms with Crippen molar-refractivity contribution in [2.75, 3.05) is 30.0 Å². The average molecular weight is 297 g/mol. The van der Waals surface area contributed by atoms with E-state index < -0.39 is 11.9 Å². The number of carbonyl (C=O) groups is 2. The Morgan fingerprint density at radius 2 is 2.33 bits per heavy atom. The number of hydrogen-bond acceptors (Lipinski definition) is 6. The number of nitrogens with two attached hydrogens (primary N) is 1. The largest absolute Gasteiger partial charge is 0.443 e. The molecule has 114 valence electrons. The van der Waals surface area contributed by atoms with Crippen molar-refractivity contribution >= 4 is 23.9 Å². The third kappa shape index (κ3) is 3.58. The number of hydrogen-bond donors (Lipinski definition) is 4. The van der Waals surface area contributed by atoms with Crippen LogP contribution in [0.15, 0.2) is 18.2 Å². The summed E-state index contributed by atoms with van der Waals surface area (Å²) in [5.41, 5.74) is 10.8. The molecule has 9 heteroatoms. The fourth-order valence-electron chi connectivity index (χ4n) is 1.90. The molecule has 1 aromatic rings. The topological polar surface area (TPSA) is 109 Å². The molecule has 1 heterocycles. The van der Waals surface area contributed by atoms with E-state index in [4.69, 9.17) is 10.5 Å². The number of ether oxygens (including phenoxy) is 1. The van der Waals surface area contributed by atoms with Crippen LogP contribution in [-0.2, 0) is 9.53 Å². The zero-order valence-electron chi connectivity index (χ0n) is 11.1. The van der Waals surface area contributed by atoms with Gasteiger partial charge in [-0.25, -0.2) is 14.6 Å². The molecule has 1 atom stereocenters. The lowest BCUT2D eigenvalue weighted by Gasteiger charge is -2.15. The van der Waals surface area contributed by atoms with Crippen LogP contribution in [-0.4, -0.2) is 38.4 Å². The molecule has 2 rings (SSSR count). The van der Waals surface area contributed by atoms with Crippen molar-refractivity contribution in [2.24, 2.45) is 5.73 Å². The van der Waals surface area contributed by atoms with E-state index >= 15 is 0 Å². The number of rotatable bonds is 7. The first kappa shape index (κ1) is 15.0. The molecule has 1 fully saturated rings. The number of anilines is 2. The summed E-state index contributed by atoms with van der Waals surface area (Å²) in [6.07, 6.45) is -0.451. The minimum Gasteiger partial charge on any atom is -0.443 e. The van der Waals surface area contributed by atoms with E-state index in [9.17, 15) is 14.0 Å². The Bertz CT molecular complexity index is 528. The lowest BCUT2D eigenvalue weighted by atomic mass is 10.2. The first-order valence-electron chi connectivity index (χ1n) is 6.29. The molecule has 0 aromatic heterocycles. The smallest absolute Gasteiger partial charge is 0.414 e. The molecule has 5 N–H and O–H groups in total. The maximum absolute atomic E-state index is 13.9. The fourth-order valence-corrected chi connectivity index (χ4v) is 1.90. The molecule has 8 nitrogen and oxygen atoms in total. The molecule has 1 aliphatic heterocycles. The van der Waals surface area contributed by atoms with Crippen LogP contribution in [0.1, 0.15) is 0 Å². The second-order valence-corrected chi connectivity index (χ2v) is 4.31. The van der Waals surface area contributed by atoms with Gasteiger partial charge in [0.05, 0.1) is 24.6 Å². The monoisotopic (exact) mass is 297 g/mol. The number of benzene rings is 1. The zero-order valence-corrected chi connectivity index (χ0v) is 11.1. The summed E-state index contributed by atoms with van der Waals surface area (Å²) in [5.74, 6) is -0.524. The molecule has 0 saturated carbocycles. The summed E-state index contributed by atoms with van der Waals surface area (Å²) in [6.45, 7) is 0.669. The summed E-state index contributed by atoms with van der Waals surface area (Å²) >= 11 is 0. The summed E-state index contributed by atoms with van der Waals surface area (Å²) in [5, 5.41) is 2.73. The van der Waals surface area contributed by atoms with Gasteiger partial charge in [-0.15, -0.1) is 0 Å². The Balaban J connectivity index is 2.01. The quantitative estimate of drug-likeness (QED) is 0.239. The van der Waals surface area contributed by atoms with Crippen molar-refractivity contribution in [1.82, 2.24) is 10.9 Å². The highest BCUT2D eigenvalue weighted by Crippen LogP contribution is 2.25. The summed E-state index contributed by atoms with van der Waals surface area (Å²) in [7, 11) is 0. The Kier molecular flexibility index (Phi) is 4.90. The Labute approximate surface area is 120 Å². The second-order valence-electron chi connectivity index (χ2n) is 4.31. The fraction of sp³-hybridized carbons (Fsp3) is 0.333. The van der Waals surface area contributed by atoms with E-state index in [0.29, 0.717) is 18.6 Å². The van der Waals surface area contributed by atoms with Gasteiger partial charge in [-0.3, -0.25) is 15.1 Å². The predicted octanol–water partition coefficient (Wildman–Crippen LogP) is -0.270. The van der Waals surface area contributed by atoms with Crippen molar-refractivity contribution in [3.63, 3.8) is 0 Å². The third-order valence-corrected chi connectivity index (χ3v) is 2.93. The van der Waals surface area contributed by atoms with Crippen molar-refractivity contribution in [3.8, 4) is 0 Å². The van der Waals surface area contributed by atoms with Gasteiger partial charge in [0.25, 0.3) is 0 Å². The molecule has 1 aliphatic rings. The molecule has 1 aromatic carbocycles. The van der Waals surface area contributed by atoms with Gasteiger partial charge in [-0.05, 0) is 18.2 Å². The van der Waals surface area contributed by atoms with Gasteiger partial charge >= 0.3 is 6.09 Å². The van der Waals surface area contributed by atoms with Crippen molar-refractivity contribution in [3.05, 3.63) is 24.0 Å². The summed E-state index contributed by atoms with van der Waals surface area (Å²) in [4.78, 5) is 23.0. The van der Waals surface area contributed by atoms with Crippen LogP contribution in [0, 0.1) is 5.82 Å². The van der Waals surface area contributed by atoms with E-state index in [1.807, 2.05) is 0 Å². The minimum atomic E-state index is -0.539. The van der Waals surface area contributed by atoms with Crippen LogP contribution in [0.2, 0.25) is 0 Å². The van der Waals surface area contributed by atoms with Gasteiger partial charge in [0, 0.05) is 6.54 Å². The number of nitrogens with one attached hydrogen (secondary N) is 3. The van der Waals surface area contributed by atoms with Crippen molar-refractivity contribution < 1.29 is 18.7 Å². The lowest BCUT2D eigenvalue weighted by molar-refractivity contribution is -0.110.